The molecule has 0 bridgehead atoms. The highest BCUT2D eigenvalue weighted by molar-refractivity contribution is 7.99. The maximum Gasteiger partial charge on any atom is 0.288 e. The van der Waals surface area contributed by atoms with Crippen LogP contribution in [0.15, 0.2) is 41.7 Å². The number of aromatic nitrogens is 2. The Hall–Kier alpha value is -1.40. The number of alkyl halides is 2. The molecule has 20 heavy (non-hydrogen) atoms. The maximum atomic E-state index is 12.7. The summed E-state index contributed by atoms with van der Waals surface area (Å²) in [5.74, 6) is -2.03. The van der Waals surface area contributed by atoms with Crippen LogP contribution in [0.3, 0.4) is 0 Å². The van der Waals surface area contributed by atoms with Gasteiger partial charge in [0.25, 0.3) is 5.76 Å². The SMILES string of the molecule is FC(F)Sc1ccccc1-n1cncc1C1CCNC1. The molecule has 1 aromatic heterocycles. The second-order valence-corrected chi connectivity index (χ2v) is 5.76. The second kappa shape index (κ2) is 5.93. The van der Waals surface area contributed by atoms with Crippen molar-refractivity contribution in [1.29, 1.82) is 0 Å². The number of hydrogen-bond acceptors (Lipinski definition) is 3. The molecule has 3 nitrogen and oxygen atoms in total. The molecular weight excluding hydrogens is 280 g/mol. The van der Waals surface area contributed by atoms with E-state index in [4.69, 9.17) is 0 Å². The van der Waals surface area contributed by atoms with E-state index < -0.39 is 5.76 Å². The van der Waals surface area contributed by atoms with Gasteiger partial charge in [-0.05, 0) is 25.1 Å². The average molecular weight is 295 g/mol. The predicted molar refractivity (Wildman–Crippen MR) is 75.7 cm³/mol. The Labute approximate surface area is 120 Å². The standard InChI is InChI=1S/C14H15F2N3S/c15-14(16)20-13-4-2-1-3-11(13)19-9-18-8-12(19)10-5-6-17-7-10/h1-4,8-10,14,17H,5-7H2. The lowest BCUT2D eigenvalue weighted by Crippen LogP contribution is -2.11. The second-order valence-electron chi connectivity index (χ2n) is 4.72. The van der Waals surface area contributed by atoms with Crippen LogP contribution in [0.4, 0.5) is 8.78 Å². The van der Waals surface area contributed by atoms with Crippen molar-refractivity contribution in [2.75, 3.05) is 13.1 Å². The smallest absolute Gasteiger partial charge is 0.288 e. The quantitative estimate of drug-likeness (QED) is 0.878. The molecule has 3 rings (SSSR count). The third-order valence-corrected chi connectivity index (χ3v) is 4.26. The molecule has 1 saturated heterocycles. The van der Waals surface area contributed by atoms with E-state index in [1.165, 1.54) is 0 Å². The van der Waals surface area contributed by atoms with E-state index in [2.05, 4.69) is 10.3 Å². The molecule has 106 valence electrons. The van der Waals surface area contributed by atoms with Gasteiger partial charge in [0.15, 0.2) is 0 Å². The van der Waals surface area contributed by atoms with Crippen molar-refractivity contribution in [2.24, 2.45) is 0 Å². The Morgan fingerprint density at radius 1 is 1.35 bits per heavy atom. The van der Waals surface area contributed by atoms with E-state index >= 15 is 0 Å². The van der Waals surface area contributed by atoms with Crippen molar-refractivity contribution in [2.45, 2.75) is 23.0 Å². The zero-order valence-electron chi connectivity index (χ0n) is 10.8. The lowest BCUT2D eigenvalue weighted by atomic mass is 10.1. The van der Waals surface area contributed by atoms with Crippen LogP contribution in [-0.4, -0.2) is 28.4 Å². The van der Waals surface area contributed by atoms with E-state index in [9.17, 15) is 8.78 Å². The molecule has 1 aliphatic heterocycles. The van der Waals surface area contributed by atoms with E-state index in [1.54, 1.807) is 18.5 Å². The van der Waals surface area contributed by atoms with Gasteiger partial charge in [-0.1, -0.05) is 23.9 Å². The first-order chi connectivity index (χ1) is 9.75. The summed E-state index contributed by atoms with van der Waals surface area (Å²) < 4.78 is 27.3. The molecule has 0 spiro atoms. The normalized spacial score (nSPS) is 18.9. The number of imidazole rings is 1. The summed E-state index contributed by atoms with van der Waals surface area (Å²) in [6, 6.07) is 7.23. The molecule has 1 aromatic carbocycles. The fourth-order valence-corrected chi connectivity index (χ4v) is 3.20. The first-order valence-corrected chi connectivity index (χ1v) is 7.41. The number of thioether (sulfide) groups is 1. The number of nitrogens with zero attached hydrogens (tertiary/aromatic N) is 2. The molecule has 1 aliphatic rings. The molecular formula is C14H15F2N3S. The van der Waals surface area contributed by atoms with Gasteiger partial charge in [-0.3, -0.25) is 0 Å². The summed E-state index contributed by atoms with van der Waals surface area (Å²) >= 11 is 0.577. The van der Waals surface area contributed by atoms with Gasteiger partial charge in [-0.15, -0.1) is 0 Å². The summed E-state index contributed by atoms with van der Waals surface area (Å²) in [4.78, 5) is 4.78. The molecule has 0 saturated carbocycles. The van der Waals surface area contributed by atoms with Crippen molar-refractivity contribution >= 4 is 11.8 Å². The summed E-state index contributed by atoms with van der Waals surface area (Å²) in [5, 5.41) is 3.32. The van der Waals surface area contributed by atoms with Crippen LogP contribution in [0.5, 0.6) is 0 Å². The van der Waals surface area contributed by atoms with Gasteiger partial charge in [-0.25, -0.2) is 4.98 Å². The fraction of sp³-hybridized carbons (Fsp3) is 0.357. The van der Waals surface area contributed by atoms with E-state index in [0.29, 0.717) is 22.6 Å². The largest absolute Gasteiger partial charge is 0.316 e. The van der Waals surface area contributed by atoms with Gasteiger partial charge in [0.05, 0.1) is 12.0 Å². The Bertz CT molecular complexity index is 579. The Morgan fingerprint density at radius 2 is 2.20 bits per heavy atom. The minimum atomic E-state index is -2.42. The zero-order valence-corrected chi connectivity index (χ0v) is 11.6. The monoisotopic (exact) mass is 295 g/mol. The lowest BCUT2D eigenvalue weighted by molar-refractivity contribution is 0.252. The van der Waals surface area contributed by atoms with Crippen LogP contribution < -0.4 is 5.32 Å². The van der Waals surface area contributed by atoms with Crippen molar-refractivity contribution in [3.05, 3.63) is 42.5 Å². The molecule has 6 heteroatoms. The van der Waals surface area contributed by atoms with Crippen molar-refractivity contribution in [3.63, 3.8) is 0 Å². The molecule has 0 radical (unpaired) electrons. The first-order valence-electron chi connectivity index (χ1n) is 6.53. The fourth-order valence-electron chi connectivity index (χ4n) is 2.57. The molecule has 1 fully saturated rings. The third-order valence-electron chi connectivity index (χ3n) is 3.49. The molecule has 0 aliphatic carbocycles. The number of halogens is 2. The molecule has 2 heterocycles. The molecule has 1 N–H and O–H groups in total. The van der Waals surface area contributed by atoms with Crippen LogP contribution in [0.25, 0.3) is 5.69 Å². The number of benzene rings is 1. The van der Waals surface area contributed by atoms with Crippen molar-refractivity contribution in [1.82, 2.24) is 14.9 Å². The minimum absolute atomic E-state index is 0.391. The van der Waals surface area contributed by atoms with Crippen LogP contribution in [0.2, 0.25) is 0 Å². The highest BCUT2D eigenvalue weighted by atomic mass is 32.2. The summed E-state index contributed by atoms with van der Waals surface area (Å²) in [5.41, 5.74) is 1.86. The number of hydrogen-bond donors (Lipinski definition) is 1. The lowest BCUT2D eigenvalue weighted by Gasteiger charge is -2.15. The van der Waals surface area contributed by atoms with Crippen molar-refractivity contribution in [3.8, 4) is 5.69 Å². The van der Waals surface area contributed by atoms with Gasteiger partial charge in [-0.2, -0.15) is 8.78 Å². The van der Waals surface area contributed by atoms with Crippen LogP contribution in [0, 0.1) is 0 Å². The number of para-hydroxylation sites is 1. The van der Waals surface area contributed by atoms with E-state index in [1.807, 2.05) is 22.9 Å². The van der Waals surface area contributed by atoms with Gasteiger partial charge in [0.1, 0.15) is 0 Å². The molecule has 1 unspecified atom stereocenters. The summed E-state index contributed by atoms with van der Waals surface area (Å²) in [6.45, 7) is 1.90. The summed E-state index contributed by atoms with van der Waals surface area (Å²) in [6.07, 6.45) is 4.59. The Kier molecular flexibility index (Phi) is 4.03. The predicted octanol–water partition coefficient (Wildman–Crippen LogP) is 3.26. The van der Waals surface area contributed by atoms with Gasteiger partial charge < -0.3 is 9.88 Å². The Morgan fingerprint density at radius 3 is 2.95 bits per heavy atom. The number of nitrogens with one attached hydrogen (secondary N) is 1. The zero-order chi connectivity index (χ0) is 13.9. The molecule has 2 aromatic rings. The first kappa shape index (κ1) is 13.6. The molecule has 1 atom stereocenters. The topological polar surface area (TPSA) is 29.9 Å². The average Bonchev–Trinajstić information content (AvgIpc) is 3.09. The van der Waals surface area contributed by atoms with Crippen LogP contribution in [-0.2, 0) is 0 Å². The van der Waals surface area contributed by atoms with Crippen LogP contribution in [0.1, 0.15) is 18.0 Å². The summed E-state index contributed by atoms with van der Waals surface area (Å²) in [7, 11) is 0. The minimum Gasteiger partial charge on any atom is -0.316 e. The highest BCUT2D eigenvalue weighted by Gasteiger charge is 2.22. The molecule has 0 amide bonds. The number of rotatable bonds is 4. The third kappa shape index (κ3) is 2.71. The Balaban J connectivity index is 1.99. The van der Waals surface area contributed by atoms with E-state index in [0.717, 1.165) is 30.9 Å². The van der Waals surface area contributed by atoms with Gasteiger partial charge in [0, 0.05) is 29.2 Å². The van der Waals surface area contributed by atoms with E-state index in [-0.39, 0.29) is 0 Å². The highest BCUT2D eigenvalue weighted by Crippen LogP contribution is 2.33. The van der Waals surface area contributed by atoms with Gasteiger partial charge in [0.2, 0.25) is 0 Å². The van der Waals surface area contributed by atoms with Crippen molar-refractivity contribution < 1.29 is 8.78 Å². The maximum absolute atomic E-state index is 12.7. The van der Waals surface area contributed by atoms with Crippen LogP contribution >= 0.6 is 11.8 Å². The van der Waals surface area contributed by atoms with Gasteiger partial charge >= 0.3 is 0 Å².